The number of amides is 2. The molecule has 2 heterocycles. The molecule has 1 aliphatic rings. The number of urea groups is 1. The highest BCUT2D eigenvalue weighted by atomic mass is 35.5. The second-order valence-electron chi connectivity index (χ2n) is 5.71. The van der Waals surface area contributed by atoms with Crippen LogP contribution in [0.2, 0.25) is 5.02 Å². The summed E-state index contributed by atoms with van der Waals surface area (Å²) in [6.45, 7) is -0.444. The van der Waals surface area contributed by atoms with Crippen molar-refractivity contribution in [2.45, 2.75) is 18.8 Å². The van der Waals surface area contributed by atoms with Crippen molar-refractivity contribution < 1.29 is 27.8 Å². The first kappa shape index (κ1) is 19.2. The minimum atomic E-state index is -4.56. The van der Waals surface area contributed by atoms with E-state index in [0.29, 0.717) is 0 Å². The molecule has 7 nitrogen and oxygen atoms in total. The van der Waals surface area contributed by atoms with Crippen molar-refractivity contribution in [3.05, 3.63) is 46.7 Å². The highest BCUT2D eigenvalue weighted by Crippen LogP contribution is 2.35. The number of hydrogen-bond donors (Lipinski definition) is 2. The molecule has 1 unspecified atom stereocenters. The van der Waals surface area contributed by atoms with Crippen molar-refractivity contribution in [1.29, 1.82) is 0 Å². The third-order valence-electron chi connectivity index (χ3n) is 3.86. The highest BCUT2D eigenvalue weighted by molar-refractivity contribution is 6.31. The molecule has 2 amide bonds. The van der Waals surface area contributed by atoms with E-state index in [1.54, 1.807) is 0 Å². The molecule has 144 valence electrons. The van der Waals surface area contributed by atoms with Crippen LogP contribution in [0.3, 0.4) is 0 Å². The summed E-state index contributed by atoms with van der Waals surface area (Å²) in [6, 6.07) is 2.62. The third kappa shape index (κ3) is 4.22. The molecule has 2 N–H and O–H groups in total. The zero-order chi connectivity index (χ0) is 19.6. The first-order valence-electron chi connectivity index (χ1n) is 7.78. The normalized spacial score (nSPS) is 17.1. The van der Waals surface area contributed by atoms with Crippen molar-refractivity contribution >= 4 is 23.6 Å². The third-order valence-corrected chi connectivity index (χ3v) is 4.21. The summed E-state index contributed by atoms with van der Waals surface area (Å²) in [5.41, 5.74) is -1.07. The van der Waals surface area contributed by atoms with E-state index in [-0.39, 0.29) is 35.4 Å². The van der Waals surface area contributed by atoms with Gasteiger partial charge in [-0.05, 0) is 12.1 Å². The zero-order valence-corrected chi connectivity index (χ0v) is 14.5. The average Bonchev–Trinajstić information content (AvgIpc) is 3.01. The quantitative estimate of drug-likeness (QED) is 0.802. The van der Waals surface area contributed by atoms with Gasteiger partial charge in [-0.25, -0.2) is 14.8 Å². The Bertz CT molecular complexity index is 833. The van der Waals surface area contributed by atoms with Gasteiger partial charge in [-0.15, -0.1) is 0 Å². The number of nitrogens with one attached hydrogen (secondary N) is 1. The second-order valence-corrected chi connectivity index (χ2v) is 6.12. The minimum absolute atomic E-state index is 0.0638. The lowest BCUT2D eigenvalue weighted by molar-refractivity contribution is -0.138. The first-order valence-corrected chi connectivity index (χ1v) is 8.15. The number of nitrogens with zero attached hydrogens (tertiary/aromatic N) is 3. The maximum atomic E-state index is 13.1. The molecule has 1 aliphatic heterocycles. The molecule has 1 aromatic carbocycles. The summed E-state index contributed by atoms with van der Waals surface area (Å²) in [5, 5.41) is 11.6. The van der Waals surface area contributed by atoms with E-state index in [1.165, 1.54) is 29.4 Å². The molecule has 11 heteroatoms. The van der Waals surface area contributed by atoms with E-state index < -0.39 is 30.4 Å². The van der Waals surface area contributed by atoms with Crippen molar-refractivity contribution in [2.75, 3.05) is 18.1 Å². The maximum absolute atomic E-state index is 13.1. The Morgan fingerprint density at radius 1 is 1.33 bits per heavy atom. The molecule has 1 aromatic heterocycles. The number of carbonyl (C=O) groups excluding carboxylic acids is 1. The molecule has 0 radical (unpaired) electrons. The Morgan fingerprint density at radius 3 is 2.63 bits per heavy atom. The molecule has 2 aromatic rings. The molecule has 27 heavy (non-hydrogen) atoms. The van der Waals surface area contributed by atoms with Crippen LogP contribution in [-0.4, -0.2) is 40.3 Å². The number of carbonyl (C=O) groups is 1. The lowest BCUT2D eigenvalue weighted by atomic mass is 10.1. The topological polar surface area (TPSA) is 87.6 Å². The van der Waals surface area contributed by atoms with Gasteiger partial charge >= 0.3 is 12.2 Å². The van der Waals surface area contributed by atoms with Gasteiger partial charge in [0.25, 0.3) is 0 Å². The molecule has 3 rings (SSSR count). The lowest BCUT2D eigenvalue weighted by Crippen LogP contribution is -2.30. The Morgan fingerprint density at radius 2 is 2.04 bits per heavy atom. The summed E-state index contributed by atoms with van der Waals surface area (Å²) in [5.74, 6) is 0.203. The van der Waals surface area contributed by atoms with Gasteiger partial charge in [0.2, 0.25) is 5.95 Å². The lowest BCUT2D eigenvalue weighted by Gasteiger charge is -2.15. The Kier molecular flexibility index (Phi) is 5.38. The standard InChI is InChI=1S/C16H14ClF3N4O3/c17-13-3-1-2-12(16(18,19)20)11(13)8-27-10-4-21-14(22-5-10)24-6-9(7-25)23-15(24)26/h1-5,9,25H,6-8H2,(H,23,26). The summed E-state index contributed by atoms with van der Waals surface area (Å²) < 4.78 is 44.6. The van der Waals surface area contributed by atoms with Crippen LogP contribution in [0.15, 0.2) is 30.6 Å². The second kappa shape index (κ2) is 7.57. The van der Waals surface area contributed by atoms with Gasteiger partial charge in [0, 0.05) is 10.6 Å². The molecule has 0 saturated carbocycles. The van der Waals surface area contributed by atoms with E-state index in [9.17, 15) is 18.0 Å². The molecular formula is C16H14ClF3N4O3. The number of alkyl halides is 3. The van der Waals surface area contributed by atoms with Gasteiger partial charge in [0.05, 0.1) is 37.2 Å². The summed E-state index contributed by atoms with van der Waals surface area (Å²) >= 11 is 5.87. The van der Waals surface area contributed by atoms with Crippen molar-refractivity contribution in [1.82, 2.24) is 15.3 Å². The number of aliphatic hydroxyl groups excluding tert-OH is 1. The van der Waals surface area contributed by atoms with Crippen LogP contribution in [0.1, 0.15) is 11.1 Å². The largest absolute Gasteiger partial charge is 0.486 e. The average molecular weight is 403 g/mol. The molecule has 0 bridgehead atoms. The number of rotatable bonds is 5. The van der Waals surface area contributed by atoms with E-state index in [2.05, 4.69) is 15.3 Å². The van der Waals surface area contributed by atoms with Crippen molar-refractivity contribution in [2.24, 2.45) is 0 Å². The molecule has 1 atom stereocenters. The van der Waals surface area contributed by atoms with Crippen LogP contribution < -0.4 is 15.0 Å². The van der Waals surface area contributed by atoms with Gasteiger partial charge in [-0.1, -0.05) is 17.7 Å². The molecule has 0 spiro atoms. The van der Waals surface area contributed by atoms with E-state index in [1.807, 2.05) is 0 Å². The van der Waals surface area contributed by atoms with Crippen LogP contribution in [0.4, 0.5) is 23.9 Å². The van der Waals surface area contributed by atoms with Gasteiger partial charge < -0.3 is 15.2 Å². The Labute approximate surface area is 156 Å². The van der Waals surface area contributed by atoms with Crippen molar-refractivity contribution in [3.8, 4) is 5.75 Å². The number of aromatic nitrogens is 2. The zero-order valence-electron chi connectivity index (χ0n) is 13.7. The van der Waals surface area contributed by atoms with Crippen LogP contribution in [0.5, 0.6) is 5.75 Å². The van der Waals surface area contributed by atoms with Crippen LogP contribution >= 0.6 is 11.6 Å². The fourth-order valence-electron chi connectivity index (χ4n) is 2.53. The number of hydrogen-bond acceptors (Lipinski definition) is 5. The Hall–Kier alpha value is -2.59. The predicted octanol–water partition coefficient (Wildman–Crippen LogP) is 2.62. The van der Waals surface area contributed by atoms with E-state index >= 15 is 0 Å². The molecule has 0 aliphatic carbocycles. The fraction of sp³-hybridized carbons (Fsp3) is 0.312. The van der Waals surface area contributed by atoms with E-state index in [0.717, 1.165) is 6.07 Å². The maximum Gasteiger partial charge on any atom is 0.416 e. The van der Waals surface area contributed by atoms with E-state index in [4.69, 9.17) is 21.4 Å². The summed E-state index contributed by atoms with van der Waals surface area (Å²) in [6.07, 6.45) is -2.08. The minimum Gasteiger partial charge on any atom is -0.486 e. The summed E-state index contributed by atoms with van der Waals surface area (Å²) in [4.78, 5) is 21.0. The number of anilines is 1. The van der Waals surface area contributed by atoms with Gasteiger partial charge in [0.1, 0.15) is 6.61 Å². The van der Waals surface area contributed by atoms with Crippen LogP contribution in [-0.2, 0) is 12.8 Å². The van der Waals surface area contributed by atoms with Crippen LogP contribution in [0, 0.1) is 0 Å². The molecule has 1 saturated heterocycles. The molecule has 1 fully saturated rings. The fourth-order valence-corrected chi connectivity index (χ4v) is 2.76. The number of benzene rings is 1. The number of ether oxygens (including phenoxy) is 1. The Balaban J connectivity index is 1.71. The molecular weight excluding hydrogens is 389 g/mol. The number of aliphatic hydroxyl groups is 1. The van der Waals surface area contributed by atoms with Gasteiger partial charge in [-0.2, -0.15) is 13.2 Å². The SMILES string of the molecule is O=C1NC(CO)CN1c1ncc(OCc2c(Cl)cccc2C(F)(F)F)cn1. The highest BCUT2D eigenvalue weighted by Gasteiger charge is 2.34. The monoisotopic (exact) mass is 402 g/mol. The summed E-state index contributed by atoms with van der Waals surface area (Å²) in [7, 11) is 0. The smallest absolute Gasteiger partial charge is 0.416 e. The predicted molar refractivity (Wildman–Crippen MR) is 89.6 cm³/mol. The first-order chi connectivity index (χ1) is 12.8. The van der Waals surface area contributed by atoms with Gasteiger partial charge in [0.15, 0.2) is 5.75 Å². The van der Waals surface area contributed by atoms with Crippen molar-refractivity contribution in [3.63, 3.8) is 0 Å². The van der Waals surface area contributed by atoms with Gasteiger partial charge in [-0.3, -0.25) is 4.90 Å². The number of halogens is 4. The van der Waals surface area contributed by atoms with Crippen LogP contribution in [0.25, 0.3) is 0 Å².